The van der Waals surface area contributed by atoms with Crippen LogP contribution < -0.4 is 0 Å². The molecule has 1 aliphatic heterocycles. The van der Waals surface area contributed by atoms with Gasteiger partial charge >= 0.3 is 12.1 Å². The number of hydrogen-bond donors (Lipinski definition) is 1. The Hall–Kier alpha value is 0.140. The smallest absolute Gasteiger partial charge is 0.411 e. The average molecular weight is 496 g/mol. The van der Waals surface area contributed by atoms with Crippen molar-refractivity contribution in [3.63, 3.8) is 0 Å². The summed E-state index contributed by atoms with van der Waals surface area (Å²) in [5.41, 5.74) is -2.12. The van der Waals surface area contributed by atoms with Crippen molar-refractivity contribution in [1.82, 2.24) is 4.90 Å². The van der Waals surface area contributed by atoms with Gasteiger partial charge in [-0.3, -0.25) is 4.90 Å². The summed E-state index contributed by atoms with van der Waals surface area (Å²) in [7, 11) is 1.23. The molecule has 122 valence electrons. The number of nitrogens with zero attached hydrogens (tertiary/aromatic N) is 1. The van der Waals surface area contributed by atoms with Gasteiger partial charge in [0.1, 0.15) is 17.2 Å². The van der Waals surface area contributed by atoms with Crippen molar-refractivity contribution in [1.29, 1.82) is 0 Å². The number of rotatable bonds is 1. The number of amides is 1. The van der Waals surface area contributed by atoms with E-state index in [1.807, 2.05) is 0 Å². The first-order valence-electron chi connectivity index (χ1n) is 6.17. The lowest BCUT2D eigenvalue weighted by Crippen LogP contribution is -2.46. The predicted molar refractivity (Wildman–Crippen MR) is 87.8 cm³/mol. The summed E-state index contributed by atoms with van der Waals surface area (Å²) in [6.07, 6.45) is -0.675. The number of likely N-dealkylation sites (tertiary alicyclic amines) is 1. The summed E-state index contributed by atoms with van der Waals surface area (Å²) in [6.45, 7) is 5.08. The minimum Gasteiger partial charge on any atom is -0.467 e. The Morgan fingerprint density at radius 3 is 2.19 bits per heavy atom. The highest BCUT2D eigenvalue weighted by Crippen LogP contribution is 2.49. The molecule has 0 radical (unpaired) electrons. The molecule has 6 nitrogen and oxygen atoms in total. The molecule has 1 aliphatic rings. The van der Waals surface area contributed by atoms with Crippen molar-refractivity contribution in [3.05, 3.63) is 0 Å². The number of carbonyl (C=O) groups is 2. The van der Waals surface area contributed by atoms with Crippen molar-refractivity contribution in [2.75, 3.05) is 13.7 Å². The first-order chi connectivity index (χ1) is 9.31. The number of hydrogen-bond acceptors (Lipinski definition) is 5. The second-order valence-corrected chi connectivity index (χ2v) is 12.6. The molecule has 0 aromatic heterocycles. The van der Waals surface area contributed by atoms with E-state index in [-0.39, 0.29) is 13.0 Å². The second-order valence-electron chi connectivity index (χ2n) is 5.88. The van der Waals surface area contributed by atoms with Gasteiger partial charge in [-0.05, 0) is 20.8 Å². The summed E-state index contributed by atoms with van der Waals surface area (Å²) in [4.78, 5) is 25.3. The second kappa shape index (κ2) is 6.33. The van der Waals surface area contributed by atoms with E-state index in [4.69, 9.17) is 9.47 Å². The van der Waals surface area contributed by atoms with E-state index in [0.717, 1.165) is 0 Å². The summed E-state index contributed by atoms with van der Waals surface area (Å²) < 4.78 is 8.94. The zero-order valence-electron chi connectivity index (χ0n) is 12.2. The van der Waals surface area contributed by atoms with Gasteiger partial charge < -0.3 is 14.6 Å². The fourth-order valence-corrected chi connectivity index (χ4v) is 2.81. The van der Waals surface area contributed by atoms with Crippen LogP contribution in [0.4, 0.5) is 4.79 Å². The van der Waals surface area contributed by atoms with Gasteiger partial charge in [0, 0.05) is 6.42 Å². The fourth-order valence-electron chi connectivity index (χ4n) is 1.95. The number of ether oxygens (including phenoxy) is 2. The zero-order chi connectivity index (χ0) is 16.6. The van der Waals surface area contributed by atoms with E-state index in [1.54, 1.807) is 20.8 Å². The molecule has 2 atom stereocenters. The lowest BCUT2D eigenvalue weighted by molar-refractivity contribution is -0.145. The van der Waals surface area contributed by atoms with Gasteiger partial charge in [0.15, 0.2) is 2.14 Å². The SMILES string of the molecule is COC(=O)[C@@H]1C[C@@](O)(C(Br)(Br)Br)CN1C(=O)OC(C)(C)C. The van der Waals surface area contributed by atoms with Crippen LogP contribution >= 0.6 is 47.8 Å². The number of β-amino-alcohol motifs (C(OH)–C–C–N with tert-alkyl or cyclic N) is 1. The van der Waals surface area contributed by atoms with Crippen LogP contribution in [0.15, 0.2) is 0 Å². The van der Waals surface area contributed by atoms with Crippen LogP contribution in [0.3, 0.4) is 0 Å². The van der Waals surface area contributed by atoms with E-state index in [2.05, 4.69) is 47.8 Å². The maximum absolute atomic E-state index is 12.2. The quantitative estimate of drug-likeness (QED) is 0.447. The van der Waals surface area contributed by atoms with Crippen LogP contribution in [0.2, 0.25) is 0 Å². The topological polar surface area (TPSA) is 76.1 Å². The first-order valence-corrected chi connectivity index (χ1v) is 8.55. The highest BCUT2D eigenvalue weighted by Gasteiger charge is 2.57. The Balaban J connectivity index is 3.04. The number of alkyl halides is 3. The van der Waals surface area contributed by atoms with Gasteiger partial charge in [0.25, 0.3) is 0 Å². The van der Waals surface area contributed by atoms with Gasteiger partial charge in [-0.1, -0.05) is 47.8 Å². The van der Waals surface area contributed by atoms with Crippen molar-refractivity contribution >= 4 is 59.9 Å². The van der Waals surface area contributed by atoms with Crippen LogP contribution in [0, 0.1) is 0 Å². The highest BCUT2D eigenvalue weighted by molar-refractivity contribution is 9.39. The number of carbonyl (C=O) groups excluding carboxylic acids is 2. The molecule has 1 saturated heterocycles. The largest absolute Gasteiger partial charge is 0.467 e. The van der Waals surface area contributed by atoms with E-state index in [0.29, 0.717) is 0 Å². The lowest BCUT2D eigenvalue weighted by Gasteiger charge is -2.31. The van der Waals surface area contributed by atoms with Gasteiger partial charge in [-0.15, -0.1) is 0 Å². The summed E-state index contributed by atoms with van der Waals surface area (Å²) in [5.74, 6) is -0.603. The Kier molecular flexibility index (Phi) is 5.78. The molecule has 21 heavy (non-hydrogen) atoms. The monoisotopic (exact) mass is 493 g/mol. The molecule has 1 fully saturated rings. The summed E-state index contributed by atoms with van der Waals surface area (Å²) in [5, 5.41) is 10.7. The van der Waals surface area contributed by atoms with E-state index in [9.17, 15) is 14.7 Å². The molecule has 0 unspecified atom stereocenters. The summed E-state index contributed by atoms with van der Waals surface area (Å²) in [6, 6.07) is -0.915. The maximum Gasteiger partial charge on any atom is 0.411 e. The molecule has 1 N–H and O–H groups in total. The maximum atomic E-state index is 12.2. The van der Waals surface area contributed by atoms with E-state index >= 15 is 0 Å². The van der Waals surface area contributed by atoms with Gasteiger partial charge in [-0.2, -0.15) is 0 Å². The first kappa shape index (κ1) is 19.2. The number of halogens is 3. The average Bonchev–Trinajstić information content (AvgIpc) is 2.65. The number of methoxy groups -OCH3 is 1. The van der Waals surface area contributed by atoms with Crippen LogP contribution in [0.1, 0.15) is 27.2 Å². The predicted octanol–water partition coefficient (Wildman–Crippen LogP) is 2.74. The molecule has 0 spiro atoms. The lowest BCUT2D eigenvalue weighted by atomic mass is 10.0. The van der Waals surface area contributed by atoms with Crippen molar-refractivity contribution < 1.29 is 24.2 Å². The van der Waals surface area contributed by atoms with Crippen LogP contribution in [0.5, 0.6) is 0 Å². The Morgan fingerprint density at radius 1 is 1.29 bits per heavy atom. The molecule has 1 amide bonds. The van der Waals surface area contributed by atoms with E-state index < -0.39 is 31.4 Å². The minimum absolute atomic E-state index is 0.000661. The highest BCUT2D eigenvalue weighted by atomic mass is 80.0. The standard InChI is InChI=1S/C12H18Br3NO5/c1-10(2,3)21-9(18)16-6-11(19,12(13,14)15)5-7(16)8(17)20-4/h7,19H,5-6H2,1-4H3/t7-,11-/m0/s1. The molecule has 9 heteroatoms. The van der Waals surface area contributed by atoms with Crippen molar-refractivity contribution in [2.45, 2.75) is 46.6 Å². The molecule has 0 aromatic carbocycles. The van der Waals surface area contributed by atoms with E-state index in [1.165, 1.54) is 12.0 Å². The Bertz CT molecular complexity index is 432. The minimum atomic E-state index is -1.41. The Labute approximate surface area is 148 Å². The molecule has 1 heterocycles. The number of esters is 1. The molecule has 0 aromatic rings. The molecular weight excluding hydrogens is 478 g/mol. The molecule has 0 saturated carbocycles. The third kappa shape index (κ3) is 4.56. The number of aliphatic hydroxyl groups is 1. The van der Waals surface area contributed by atoms with Crippen molar-refractivity contribution in [3.8, 4) is 0 Å². The molecule has 0 aliphatic carbocycles. The third-order valence-electron chi connectivity index (χ3n) is 2.97. The van der Waals surface area contributed by atoms with Crippen LogP contribution in [0.25, 0.3) is 0 Å². The Morgan fingerprint density at radius 2 is 1.81 bits per heavy atom. The van der Waals surface area contributed by atoms with Crippen LogP contribution in [-0.4, -0.2) is 55.1 Å². The van der Waals surface area contributed by atoms with Gasteiger partial charge in [-0.25, -0.2) is 9.59 Å². The molecule has 1 rings (SSSR count). The fraction of sp³-hybridized carbons (Fsp3) is 0.833. The zero-order valence-corrected chi connectivity index (χ0v) is 16.9. The molecular formula is C12H18Br3NO5. The normalized spacial score (nSPS) is 26.7. The summed E-state index contributed by atoms with van der Waals surface area (Å²) >= 11 is 9.75. The van der Waals surface area contributed by atoms with Gasteiger partial charge in [0.05, 0.1) is 13.7 Å². The van der Waals surface area contributed by atoms with Crippen molar-refractivity contribution in [2.24, 2.45) is 0 Å². The van der Waals surface area contributed by atoms with Crippen LogP contribution in [-0.2, 0) is 14.3 Å². The third-order valence-corrected chi connectivity index (χ3v) is 5.18. The molecule has 0 bridgehead atoms. The van der Waals surface area contributed by atoms with Gasteiger partial charge in [0.2, 0.25) is 0 Å².